The second-order valence-electron chi connectivity index (χ2n) is 7.07. The highest BCUT2D eigenvalue weighted by Gasteiger charge is 2.39. The first-order chi connectivity index (χ1) is 14.4. The number of aryl methyl sites for hydroxylation is 1. The number of hydrogen-bond acceptors (Lipinski definition) is 3. The highest BCUT2D eigenvalue weighted by atomic mass is 19.1. The Kier molecular flexibility index (Phi) is 5.14. The molecule has 0 aromatic heterocycles. The summed E-state index contributed by atoms with van der Waals surface area (Å²) in [5.41, 5.74) is 3.10. The van der Waals surface area contributed by atoms with E-state index in [9.17, 15) is 18.4 Å². The lowest BCUT2D eigenvalue weighted by molar-refractivity contribution is -0.137. The number of amides is 2. The van der Waals surface area contributed by atoms with Crippen molar-refractivity contribution in [1.29, 1.82) is 0 Å². The molecule has 0 fully saturated rings. The molecule has 3 aromatic carbocycles. The fourth-order valence-electron chi connectivity index (χ4n) is 3.27. The normalized spacial score (nSPS) is 13.9. The first-order valence-electron chi connectivity index (χ1n) is 9.37. The van der Waals surface area contributed by atoms with Crippen LogP contribution in [-0.4, -0.2) is 16.7 Å². The number of benzene rings is 3. The second kappa shape index (κ2) is 7.91. The van der Waals surface area contributed by atoms with E-state index >= 15 is 0 Å². The van der Waals surface area contributed by atoms with E-state index in [0.717, 1.165) is 10.5 Å². The Labute approximate surface area is 172 Å². The summed E-state index contributed by atoms with van der Waals surface area (Å²) in [7, 11) is 0. The molecule has 1 aliphatic heterocycles. The van der Waals surface area contributed by atoms with Gasteiger partial charge in [0.05, 0.1) is 12.1 Å². The maximum Gasteiger partial charge on any atom is 0.278 e. The standard InChI is InChI=1S/C24H18F2N2O2/c1-15-2-6-17(7-3-15)21-22(27-20-12-10-19(26)11-13-20)24(30)28(23(21)29)14-16-4-8-18(25)9-5-16/h2-13,27H,14H2,1H3. The first kappa shape index (κ1) is 19.5. The van der Waals surface area contributed by atoms with E-state index in [1.165, 1.54) is 48.5 Å². The van der Waals surface area contributed by atoms with Crippen LogP contribution in [0, 0.1) is 18.6 Å². The van der Waals surface area contributed by atoms with Crippen molar-refractivity contribution < 1.29 is 18.4 Å². The van der Waals surface area contributed by atoms with Gasteiger partial charge < -0.3 is 5.32 Å². The van der Waals surface area contributed by atoms with Gasteiger partial charge in [0.1, 0.15) is 17.3 Å². The van der Waals surface area contributed by atoms with Crippen LogP contribution >= 0.6 is 0 Å². The number of nitrogens with one attached hydrogen (secondary N) is 1. The average molecular weight is 404 g/mol. The molecular weight excluding hydrogens is 386 g/mol. The van der Waals surface area contributed by atoms with Gasteiger partial charge in [0.25, 0.3) is 11.8 Å². The fourth-order valence-corrected chi connectivity index (χ4v) is 3.27. The van der Waals surface area contributed by atoms with E-state index in [1.54, 1.807) is 12.1 Å². The molecule has 0 bridgehead atoms. The molecule has 4 nitrogen and oxygen atoms in total. The monoisotopic (exact) mass is 404 g/mol. The topological polar surface area (TPSA) is 49.4 Å². The third-order valence-corrected chi connectivity index (χ3v) is 4.88. The number of carbonyl (C=O) groups is 2. The van der Waals surface area contributed by atoms with Crippen molar-refractivity contribution in [2.24, 2.45) is 0 Å². The summed E-state index contributed by atoms with van der Waals surface area (Å²) in [6.07, 6.45) is 0. The van der Waals surface area contributed by atoms with Crippen molar-refractivity contribution in [2.75, 3.05) is 5.32 Å². The van der Waals surface area contributed by atoms with Gasteiger partial charge in [0.15, 0.2) is 0 Å². The number of halogens is 2. The lowest BCUT2D eigenvalue weighted by atomic mass is 10.0. The van der Waals surface area contributed by atoms with Crippen LogP contribution in [-0.2, 0) is 16.1 Å². The number of hydrogen-bond donors (Lipinski definition) is 1. The van der Waals surface area contributed by atoms with Gasteiger partial charge in [0, 0.05) is 5.69 Å². The Hall–Kier alpha value is -3.80. The molecular formula is C24H18F2N2O2. The molecule has 0 saturated heterocycles. The van der Waals surface area contributed by atoms with Gasteiger partial charge >= 0.3 is 0 Å². The van der Waals surface area contributed by atoms with Crippen molar-refractivity contribution in [1.82, 2.24) is 4.90 Å². The molecule has 0 radical (unpaired) electrons. The number of carbonyl (C=O) groups excluding carboxylic acids is 2. The molecule has 0 aliphatic carbocycles. The van der Waals surface area contributed by atoms with Crippen LogP contribution in [0.3, 0.4) is 0 Å². The van der Waals surface area contributed by atoms with Crippen molar-refractivity contribution in [3.8, 4) is 0 Å². The van der Waals surface area contributed by atoms with Gasteiger partial charge in [-0.25, -0.2) is 8.78 Å². The van der Waals surface area contributed by atoms with Crippen molar-refractivity contribution >= 4 is 23.1 Å². The molecule has 150 valence electrons. The SMILES string of the molecule is Cc1ccc(C2=C(Nc3ccc(F)cc3)C(=O)N(Cc3ccc(F)cc3)C2=O)cc1. The van der Waals surface area contributed by atoms with Crippen LogP contribution in [0.15, 0.2) is 78.5 Å². The van der Waals surface area contributed by atoms with E-state index in [1.807, 2.05) is 19.1 Å². The van der Waals surface area contributed by atoms with E-state index in [2.05, 4.69) is 5.32 Å². The van der Waals surface area contributed by atoms with E-state index in [0.29, 0.717) is 16.8 Å². The fraction of sp³-hybridized carbons (Fsp3) is 0.0833. The van der Waals surface area contributed by atoms with Crippen LogP contribution in [0.5, 0.6) is 0 Å². The van der Waals surface area contributed by atoms with Gasteiger partial charge in [0.2, 0.25) is 0 Å². The van der Waals surface area contributed by atoms with Crippen molar-refractivity contribution in [3.05, 3.63) is 107 Å². The smallest absolute Gasteiger partial charge is 0.278 e. The number of anilines is 1. The summed E-state index contributed by atoms with van der Waals surface area (Å²) in [6, 6.07) is 18.4. The Bertz CT molecular complexity index is 1140. The Morgan fingerprint density at radius 3 is 1.93 bits per heavy atom. The minimum Gasteiger partial charge on any atom is -0.350 e. The number of imide groups is 1. The van der Waals surface area contributed by atoms with Crippen molar-refractivity contribution in [3.63, 3.8) is 0 Å². The molecule has 0 saturated carbocycles. The second-order valence-corrected chi connectivity index (χ2v) is 7.07. The van der Waals surface area contributed by atoms with Gasteiger partial charge in [-0.15, -0.1) is 0 Å². The molecule has 30 heavy (non-hydrogen) atoms. The maximum atomic E-state index is 13.3. The highest BCUT2D eigenvalue weighted by Crippen LogP contribution is 2.31. The lowest BCUT2D eigenvalue weighted by Gasteiger charge is -2.15. The van der Waals surface area contributed by atoms with Crippen LogP contribution in [0.1, 0.15) is 16.7 Å². The van der Waals surface area contributed by atoms with E-state index < -0.39 is 23.4 Å². The van der Waals surface area contributed by atoms with Crippen molar-refractivity contribution in [2.45, 2.75) is 13.5 Å². The predicted molar refractivity (Wildman–Crippen MR) is 110 cm³/mol. The summed E-state index contributed by atoms with van der Waals surface area (Å²) >= 11 is 0. The number of nitrogens with zero attached hydrogens (tertiary/aromatic N) is 1. The van der Waals surface area contributed by atoms with E-state index in [4.69, 9.17) is 0 Å². The maximum absolute atomic E-state index is 13.3. The number of rotatable bonds is 5. The predicted octanol–water partition coefficient (Wildman–Crippen LogP) is 4.67. The molecule has 1 aliphatic rings. The quantitative estimate of drug-likeness (QED) is 0.629. The highest BCUT2D eigenvalue weighted by molar-refractivity contribution is 6.36. The largest absolute Gasteiger partial charge is 0.350 e. The summed E-state index contributed by atoms with van der Waals surface area (Å²) in [4.78, 5) is 27.5. The third kappa shape index (κ3) is 3.85. The Morgan fingerprint density at radius 1 is 0.767 bits per heavy atom. The molecule has 1 N–H and O–H groups in total. The Morgan fingerprint density at radius 2 is 1.33 bits per heavy atom. The zero-order valence-corrected chi connectivity index (χ0v) is 16.2. The summed E-state index contributed by atoms with van der Waals surface area (Å²) in [5, 5.41) is 2.98. The molecule has 2 amide bonds. The van der Waals surface area contributed by atoms with Crippen LogP contribution < -0.4 is 5.32 Å². The Balaban J connectivity index is 1.72. The molecule has 1 heterocycles. The summed E-state index contributed by atoms with van der Waals surface area (Å²) in [5.74, 6) is -1.74. The molecule has 0 unspecified atom stereocenters. The minimum absolute atomic E-state index is 0.0158. The molecule has 4 rings (SSSR count). The zero-order chi connectivity index (χ0) is 21.3. The minimum atomic E-state index is -0.496. The van der Waals surface area contributed by atoms with Gasteiger partial charge in [-0.05, 0) is 54.4 Å². The summed E-state index contributed by atoms with van der Waals surface area (Å²) < 4.78 is 26.5. The molecule has 3 aromatic rings. The van der Waals surface area contributed by atoms with Gasteiger partial charge in [-0.3, -0.25) is 14.5 Å². The third-order valence-electron chi connectivity index (χ3n) is 4.88. The molecule has 0 spiro atoms. The molecule has 0 atom stereocenters. The van der Waals surface area contributed by atoms with Crippen LogP contribution in [0.25, 0.3) is 5.57 Å². The molecule has 6 heteroatoms. The summed E-state index contributed by atoms with van der Waals surface area (Å²) in [6.45, 7) is 1.94. The first-order valence-corrected chi connectivity index (χ1v) is 9.37. The van der Waals surface area contributed by atoms with Gasteiger partial charge in [-0.2, -0.15) is 0 Å². The van der Waals surface area contributed by atoms with Crippen LogP contribution in [0.4, 0.5) is 14.5 Å². The average Bonchev–Trinajstić information content (AvgIpc) is 2.96. The van der Waals surface area contributed by atoms with Crippen LogP contribution in [0.2, 0.25) is 0 Å². The zero-order valence-electron chi connectivity index (χ0n) is 16.2. The van der Waals surface area contributed by atoms with Gasteiger partial charge in [-0.1, -0.05) is 42.0 Å². The lowest BCUT2D eigenvalue weighted by Crippen LogP contribution is -2.32. The van der Waals surface area contributed by atoms with E-state index in [-0.39, 0.29) is 17.8 Å².